The largest absolute Gasteiger partial charge is 0.396 e. The Balaban J connectivity index is 2.99. The van der Waals surface area contributed by atoms with Gasteiger partial charge in [-0.3, -0.25) is 10.1 Å². The van der Waals surface area contributed by atoms with Gasteiger partial charge in [0.05, 0.1) is 4.92 Å². The van der Waals surface area contributed by atoms with E-state index in [4.69, 9.17) is 10.8 Å². The van der Waals surface area contributed by atoms with Gasteiger partial charge in [-0.1, -0.05) is 11.8 Å². The van der Waals surface area contributed by atoms with Crippen LogP contribution in [0.15, 0.2) is 5.03 Å². The van der Waals surface area contributed by atoms with Crippen molar-refractivity contribution >= 4 is 23.4 Å². The van der Waals surface area contributed by atoms with Crippen LogP contribution in [0.2, 0.25) is 0 Å². The van der Waals surface area contributed by atoms with E-state index in [9.17, 15) is 10.1 Å². The van der Waals surface area contributed by atoms with Gasteiger partial charge in [0.2, 0.25) is 5.95 Å². The lowest BCUT2D eigenvalue weighted by Crippen LogP contribution is -2.04. The molecule has 0 radical (unpaired) electrons. The number of hydrogen-bond donors (Lipinski definition) is 2. The molecule has 1 rings (SSSR count). The average Bonchev–Trinajstić information content (AvgIpc) is 2.16. The number of nitrogens with two attached hydrogens (primary N) is 1. The third-order valence-corrected chi connectivity index (χ3v) is 2.82. The molecule has 0 amide bonds. The van der Waals surface area contributed by atoms with Crippen LogP contribution in [-0.2, 0) is 0 Å². The van der Waals surface area contributed by atoms with Gasteiger partial charge in [-0.15, -0.1) is 0 Å². The van der Waals surface area contributed by atoms with Crippen LogP contribution in [-0.4, -0.2) is 32.4 Å². The van der Waals surface area contributed by atoms with Crippen LogP contribution in [0.3, 0.4) is 0 Å². The molecule has 16 heavy (non-hydrogen) atoms. The summed E-state index contributed by atoms with van der Waals surface area (Å²) in [5, 5.41) is 19.7. The number of aromatic nitrogens is 2. The zero-order valence-electron chi connectivity index (χ0n) is 8.71. The predicted molar refractivity (Wildman–Crippen MR) is 60.3 cm³/mol. The van der Waals surface area contributed by atoms with Crippen molar-refractivity contribution in [2.24, 2.45) is 0 Å². The molecule has 0 aromatic carbocycles. The lowest BCUT2D eigenvalue weighted by atomic mass is 10.4. The SMILES string of the molecule is Cc1nc(N)nc(SCCCO)c1[N+](=O)[O-]. The van der Waals surface area contributed by atoms with Gasteiger partial charge >= 0.3 is 5.69 Å². The number of nitrogens with zero attached hydrogens (tertiary/aromatic N) is 3. The van der Waals surface area contributed by atoms with E-state index < -0.39 is 4.92 Å². The van der Waals surface area contributed by atoms with E-state index in [0.29, 0.717) is 12.2 Å². The summed E-state index contributed by atoms with van der Waals surface area (Å²) in [7, 11) is 0. The minimum Gasteiger partial charge on any atom is -0.396 e. The number of aliphatic hydroxyl groups is 1. The normalized spacial score (nSPS) is 10.4. The fourth-order valence-corrected chi connectivity index (χ4v) is 2.09. The Hall–Kier alpha value is -1.41. The molecule has 3 N–H and O–H groups in total. The summed E-state index contributed by atoms with van der Waals surface area (Å²) in [4.78, 5) is 17.9. The Bertz CT molecular complexity index is 399. The van der Waals surface area contributed by atoms with Crippen molar-refractivity contribution in [3.8, 4) is 0 Å². The van der Waals surface area contributed by atoms with Crippen LogP contribution in [0.25, 0.3) is 0 Å². The average molecular weight is 244 g/mol. The molecule has 0 bridgehead atoms. The van der Waals surface area contributed by atoms with E-state index in [1.807, 2.05) is 0 Å². The van der Waals surface area contributed by atoms with Crippen molar-refractivity contribution in [2.75, 3.05) is 18.1 Å². The molecule has 1 aromatic rings. The molecular weight excluding hydrogens is 232 g/mol. The first-order valence-electron chi connectivity index (χ1n) is 4.58. The molecule has 0 atom stereocenters. The second-order valence-corrected chi connectivity index (χ2v) is 4.09. The van der Waals surface area contributed by atoms with E-state index in [2.05, 4.69) is 9.97 Å². The van der Waals surface area contributed by atoms with Crippen molar-refractivity contribution in [1.82, 2.24) is 9.97 Å². The summed E-state index contributed by atoms with van der Waals surface area (Å²) >= 11 is 1.20. The number of aliphatic hydroxyl groups excluding tert-OH is 1. The maximum Gasteiger partial charge on any atom is 0.322 e. The summed E-state index contributed by atoms with van der Waals surface area (Å²) in [6, 6.07) is 0. The topological polar surface area (TPSA) is 115 Å². The highest BCUT2D eigenvalue weighted by Gasteiger charge is 2.21. The maximum atomic E-state index is 10.8. The molecule has 0 aliphatic heterocycles. The fraction of sp³-hybridized carbons (Fsp3) is 0.500. The van der Waals surface area contributed by atoms with Crippen molar-refractivity contribution in [2.45, 2.75) is 18.4 Å². The van der Waals surface area contributed by atoms with Crippen LogP contribution in [0.1, 0.15) is 12.1 Å². The Kier molecular flexibility index (Phi) is 4.44. The van der Waals surface area contributed by atoms with Gasteiger partial charge in [-0.25, -0.2) is 4.98 Å². The molecule has 88 valence electrons. The van der Waals surface area contributed by atoms with Gasteiger partial charge in [0.15, 0.2) is 5.03 Å². The number of aryl methyl sites for hydroxylation is 1. The monoisotopic (exact) mass is 244 g/mol. The molecule has 8 heteroatoms. The molecular formula is C8H12N4O3S. The first-order valence-corrected chi connectivity index (χ1v) is 5.57. The summed E-state index contributed by atoms with van der Waals surface area (Å²) in [5.74, 6) is 0.572. The zero-order valence-corrected chi connectivity index (χ0v) is 9.53. The number of nitrogen functional groups attached to an aromatic ring is 1. The molecule has 0 aliphatic carbocycles. The van der Waals surface area contributed by atoms with Crippen molar-refractivity contribution in [3.05, 3.63) is 15.8 Å². The van der Waals surface area contributed by atoms with E-state index in [0.717, 1.165) is 0 Å². The smallest absolute Gasteiger partial charge is 0.322 e. The van der Waals surface area contributed by atoms with Gasteiger partial charge in [0.1, 0.15) is 5.69 Å². The Morgan fingerprint density at radius 3 is 2.81 bits per heavy atom. The standard InChI is InChI=1S/C8H12N4O3S/c1-5-6(12(14)15)7(11-8(9)10-5)16-4-2-3-13/h13H,2-4H2,1H3,(H2,9,10,11). The van der Waals surface area contributed by atoms with Gasteiger partial charge in [-0.2, -0.15) is 4.98 Å². The molecule has 0 unspecified atom stereocenters. The van der Waals surface area contributed by atoms with Crippen LogP contribution in [0.4, 0.5) is 11.6 Å². The number of rotatable bonds is 5. The second kappa shape index (κ2) is 5.61. The highest BCUT2D eigenvalue weighted by atomic mass is 32.2. The summed E-state index contributed by atoms with van der Waals surface area (Å²) < 4.78 is 0. The van der Waals surface area contributed by atoms with Crippen LogP contribution in [0, 0.1) is 17.0 Å². The lowest BCUT2D eigenvalue weighted by molar-refractivity contribution is -0.389. The molecule has 0 fully saturated rings. The van der Waals surface area contributed by atoms with Gasteiger partial charge in [0.25, 0.3) is 0 Å². The van der Waals surface area contributed by atoms with Crippen LogP contribution >= 0.6 is 11.8 Å². The maximum absolute atomic E-state index is 10.8. The van der Waals surface area contributed by atoms with Crippen molar-refractivity contribution in [1.29, 1.82) is 0 Å². The van der Waals surface area contributed by atoms with E-state index in [-0.39, 0.29) is 29.0 Å². The number of hydrogen-bond acceptors (Lipinski definition) is 7. The molecule has 0 aliphatic rings. The van der Waals surface area contributed by atoms with Gasteiger partial charge in [-0.05, 0) is 13.3 Å². The summed E-state index contributed by atoms with van der Waals surface area (Å²) in [6.45, 7) is 1.56. The first-order chi connectivity index (χ1) is 7.56. The second-order valence-electron chi connectivity index (χ2n) is 3.00. The van der Waals surface area contributed by atoms with Gasteiger partial charge < -0.3 is 10.8 Å². The molecule has 0 saturated heterocycles. The van der Waals surface area contributed by atoms with E-state index in [1.54, 1.807) is 0 Å². The minimum atomic E-state index is -0.518. The molecule has 0 saturated carbocycles. The summed E-state index contributed by atoms with van der Waals surface area (Å²) in [5.41, 5.74) is 5.57. The number of thioether (sulfide) groups is 1. The zero-order chi connectivity index (χ0) is 12.1. The molecule has 7 nitrogen and oxygen atoms in total. The molecule has 1 aromatic heterocycles. The number of nitro groups is 1. The van der Waals surface area contributed by atoms with Crippen LogP contribution in [0.5, 0.6) is 0 Å². The summed E-state index contributed by atoms with van der Waals surface area (Å²) in [6.07, 6.45) is 0.546. The highest BCUT2D eigenvalue weighted by Crippen LogP contribution is 2.30. The Morgan fingerprint density at radius 2 is 2.25 bits per heavy atom. The fourth-order valence-electron chi connectivity index (χ4n) is 1.11. The van der Waals surface area contributed by atoms with E-state index >= 15 is 0 Å². The third kappa shape index (κ3) is 3.04. The van der Waals surface area contributed by atoms with E-state index in [1.165, 1.54) is 18.7 Å². The molecule has 1 heterocycles. The minimum absolute atomic E-state index is 0.0228. The Morgan fingerprint density at radius 1 is 1.56 bits per heavy atom. The first kappa shape index (κ1) is 12.7. The quantitative estimate of drug-likeness (QED) is 0.258. The predicted octanol–water partition coefficient (Wildman–Crippen LogP) is 0.750. The van der Waals surface area contributed by atoms with Crippen LogP contribution < -0.4 is 5.73 Å². The number of anilines is 1. The third-order valence-electron chi connectivity index (χ3n) is 1.77. The van der Waals surface area contributed by atoms with Crippen molar-refractivity contribution in [3.63, 3.8) is 0 Å². The van der Waals surface area contributed by atoms with Crippen molar-refractivity contribution < 1.29 is 10.0 Å². The lowest BCUT2D eigenvalue weighted by Gasteiger charge is -2.04. The Labute approximate surface area is 96.2 Å². The molecule has 0 spiro atoms. The highest BCUT2D eigenvalue weighted by molar-refractivity contribution is 7.99. The van der Waals surface area contributed by atoms with Gasteiger partial charge in [0, 0.05) is 12.4 Å².